The molecule has 7 nitrogen and oxygen atoms in total. The van der Waals surface area contributed by atoms with Gasteiger partial charge in [-0.15, -0.1) is 0 Å². The van der Waals surface area contributed by atoms with Crippen molar-refractivity contribution in [1.82, 2.24) is 4.90 Å². The van der Waals surface area contributed by atoms with E-state index in [2.05, 4.69) is 11.9 Å². The van der Waals surface area contributed by atoms with Gasteiger partial charge in [-0.25, -0.2) is 0 Å². The molecule has 1 saturated heterocycles. The summed E-state index contributed by atoms with van der Waals surface area (Å²) in [7, 11) is 1.51. The Labute approximate surface area is 188 Å². The fourth-order valence-corrected chi connectivity index (χ4v) is 3.71. The lowest BCUT2D eigenvalue weighted by atomic mass is 10.1. The van der Waals surface area contributed by atoms with Gasteiger partial charge in [0.1, 0.15) is 13.2 Å². The summed E-state index contributed by atoms with van der Waals surface area (Å²) in [6, 6.07) is 11.7. The zero-order chi connectivity index (χ0) is 22.4. The predicted octanol–water partition coefficient (Wildman–Crippen LogP) is 4.59. The number of imide groups is 1. The Kier molecular flexibility index (Phi) is 7.38. The molecular formula is C22H19ClN2O5S. The van der Waals surface area contributed by atoms with Crippen molar-refractivity contribution in [2.24, 2.45) is 0 Å². The number of rotatable bonds is 8. The smallest absolute Gasteiger partial charge is 0.294 e. The van der Waals surface area contributed by atoms with Crippen LogP contribution in [0.2, 0.25) is 5.02 Å². The standard InChI is InChI=1S/C22H19ClN2O5S/c1-3-11-30-20-14(5-4-6-17(20)29-2)12-18-21(27)25(22(28)31-18)13-19(26)24-16-9-7-15(23)8-10-16/h3-10,12H,1,11,13H2,2H3,(H,24,26)/b18-12-. The summed E-state index contributed by atoms with van der Waals surface area (Å²) in [5.74, 6) is -0.143. The number of halogens is 1. The number of hydrogen-bond donors (Lipinski definition) is 1. The van der Waals surface area contributed by atoms with E-state index in [4.69, 9.17) is 21.1 Å². The summed E-state index contributed by atoms with van der Waals surface area (Å²) >= 11 is 6.58. The molecule has 0 bridgehead atoms. The fraction of sp³-hybridized carbons (Fsp3) is 0.136. The number of methoxy groups -OCH3 is 1. The first-order chi connectivity index (χ1) is 14.9. The van der Waals surface area contributed by atoms with Crippen LogP contribution in [0.15, 0.2) is 60.0 Å². The maximum atomic E-state index is 12.8. The first-order valence-corrected chi connectivity index (χ1v) is 10.3. The van der Waals surface area contributed by atoms with Crippen molar-refractivity contribution in [3.8, 4) is 11.5 Å². The first kappa shape index (κ1) is 22.5. The van der Waals surface area contributed by atoms with Gasteiger partial charge in [0.25, 0.3) is 11.1 Å². The van der Waals surface area contributed by atoms with Gasteiger partial charge in [-0.2, -0.15) is 0 Å². The number of carbonyl (C=O) groups is 3. The summed E-state index contributed by atoms with van der Waals surface area (Å²) in [6.45, 7) is 3.47. The van der Waals surface area contributed by atoms with Gasteiger partial charge >= 0.3 is 0 Å². The summed E-state index contributed by atoms with van der Waals surface area (Å²) in [6.07, 6.45) is 3.13. The second-order valence-corrected chi connectivity index (χ2v) is 7.73. The summed E-state index contributed by atoms with van der Waals surface area (Å²) < 4.78 is 11.0. The van der Waals surface area contributed by atoms with Crippen LogP contribution in [0.4, 0.5) is 10.5 Å². The molecule has 9 heteroatoms. The monoisotopic (exact) mass is 458 g/mol. The van der Waals surface area contributed by atoms with Crippen molar-refractivity contribution < 1.29 is 23.9 Å². The molecule has 3 amide bonds. The highest BCUT2D eigenvalue weighted by molar-refractivity contribution is 8.18. The van der Waals surface area contributed by atoms with Crippen LogP contribution < -0.4 is 14.8 Å². The third-order valence-corrected chi connectivity index (χ3v) is 5.32. The van der Waals surface area contributed by atoms with E-state index in [1.807, 2.05) is 0 Å². The number of nitrogens with zero attached hydrogens (tertiary/aromatic N) is 1. The zero-order valence-corrected chi connectivity index (χ0v) is 18.2. The lowest BCUT2D eigenvalue weighted by molar-refractivity contribution is -0.127. The molecule has 3 rings (SSSR count). The van der Waals surface area contributed by atoms with Gasteiger partial charge in [-0.3, -0.25) is 19.3 Å². The molecule has 0 spiro atoms. The molecule has 0 radical (unpaired) electrons. The number of amides is 3. The minimum atomic E-state index is -0.557. The van der Waals surface area contributed by atoms with Crippen LogP contribution >= 0.6 is 23.4 Å². The summed E-state index contributed by atoms with van der Waals surface area (Å²) in [5, 5.41) is 2.63. The van der Waals surface area contributed by atoms with Gasteiger partial charge < -0.3 is 14.8 Å². The van der Waals surface area contributed by atoms with Crippen LogP contribution in [0.3, 0.4) is 0 Å². The van der Waals surface area contributed by atoms with E-state index < -0.39 is 23.6 Å². The zero-order valence-electron chi connectivity index (χ0n) is 16.6. The Morgan fingerprint density at radius 2 is 1.97 bits per heavy atom. The molecule has 2 aromatic carbocycles. The summed E-state index contributed by atoms with van der Waals surface area (Å²) in [4.78, 5) is 38.5. The SMILES string of the molecule is C=CCOc1c(/C=C2\SC(=O)N(CC(=O)Nc3ccc(Cl)cc3)C2=O)cccc1OC. The highest BCUT2D eigenvalue weighted by Gasteiger charge is 2.36. The fourth-order valence-electron chi connectivity index (χ4n) is 2.76. The van der Waals surface area contributed by atoms with Gasteiger partial charge in [-0.1, -0.05) is 36.4 Å². The highest BCUT2D eigenvalue weighted by Crippen LogP contribution is 2.37. The molecule has 0 aliphatic carbocycles. The normalized spacial score (nSPS) is 14.6. The van der Waals surface area contributed by atoms with Crippen molar-refractivity contribution in [2.45, 2.75) is 0 Å². The van der Waals surface area contributed by atoms with Crippen LogP contribution in [-0.2, 0) is 9.59 Å². The Morgan fingerprint density at radius 1 is 1.23 bits per heavy atom. The molecule has 2 aromatic rings. The minimum absolute atomic E-state index is 0.181. The van der Waals surface area contributed by atoms with Crippen LogP contribution in [0, 0.1) is 0 Å². The van der Waals surface area contributed by atoms with E-state index in [9.17, 15) is 14.4 Å². The van der Waals surface area contributed by atoms with E-state index in [-0.39, 0.29) is 11.5 Å². The molecular weight excluding hydrogens is 440 g/mol. The van der Waals surface area contributed by atoms with Crippen LogP contribution in [0.25, 0.3) is 6.08 Å². The van der Waals surface area contributed by atoms with Crippen molar-refractivity contribution in [2.75, 3.05) is 25.6 Å². The number of para-hydroxylation sites is 1. The number of carbonyl (C=O) groups excluding carboxylic acids is 3. The molecule has 0 saturated carbocycles. The maximum Gasteiger partial charge on any atom is 0.294 e. The van der Waals surface area contributed by atoms with E-state index in [1.54, 1.807) is 54.6 Å². The van der Waals surface area contributed by atoms with Crippen molar-refractivity contribution in [1.29, 1.82) is 0 Å². The Bertz CT molecular complexity index is 1050. The molecule has 0 unspecified atom stereocenters. The number of benzene rings is 2. The molecule has 1 aliphatic rings. The molecule has 0 atom stereocenters. The predicted molar refractivity (Wildman–Crippen MR) is 121 cm³/mol. The van der Waals surface area contributed by atoms with Crippen LogP contribution in [0.5, 0.6) is 11.5 Å². The molecule has 1 fully saturated rings. The second kappa shape index (κ2) is 10.2. The first-order valence-electron chi connectivity index (χ1n) is 9.14. The molecule has 1 heterocycles. The van der Waals surface area contributed by atoms with Gasteiger partial charge in [0.05, 0.1) is 12.0 Å². The van der Waals surface area contributed by atoms with Crippen molar-refractivity contribution in [3.63, 3.8) is 0 Å². The molecule has 31 heavy (non-hydrogen) atoms. The summed E-state index contributed by atoms with van der Waals surface area (Å²) in [5.41, 5.74) is 1.08. The van der Waals surface area contributed by atoms with Gasteiger partial charge in [0, 0.05) is 16.3 Å². The van der Waals surface area contributed by atoms with Gasteiger partial charge in [-0.05, 0) is 48.2 Å². The minimum Gasteiger partial charge on any atom is -0.493 e. The van der Waals surface area contributed by atoms with E-state index in [0.717, 1.165) is 16.7 Å². The van der Waals surface area contributed by atoms with Crippen molar-refractivity contribution in [3.05, 3.63) is 70.6 Å². The van der Waals surface area contributed by atoms with Gasteiger partial charge in [0.15, 0.2) is 11.5 Å². The highest BCUT2D eigenvalue weighted by atomic mass is 35.5. The number of anilines is 1. The number of ether oxygens (including phenoxy) is 2. The Balaban J connectivity index is 1.77. The van der Waals surface area contributed by atoms with Crippen molar-refractivity contribution >= 4 is 52.2 Å². The lowest BCUT2D eigenvalue weighted by Crippen LogP contribution is -2.36. The number of hydrogen-bond acceptors (Lipinski definition) is 6. The maximum absolute atomic E-state index is 12.8. The molecule has 0 aromatic heterocycles. The third kappa shape index (κ3) is 5.48. The molecule has 1 N–H and O–H groups in total. The number of nitrogens with one attached hydrogen (secondary N) is 1. The van der Waals surface area contributed by atoms with E-state index in [0.29, 0.717) is 27.8 Å². The van der Waals surface area contributed by atoms with Crippen LogP contribution in [0.1, 0.15) is 5.56 Å². The largest absolute Gasteiger partial charge is 0.493 e. The van der Waals surface area contributed by atoms with Gasteiger partial charge in [0.2, 0.25) is 5.91 Å². The van der Waals surface area contributed by atoms with E-state index in [1.165, 1.54) is 7.11 Å². The van der Waals surface area contributed by atoms with E-state index >= 15 is 0 Å². The average Bonchev–Trinajstić information content (AvgIpc) is 3.01. The third-order valence-electron chi connectivity index (χ3n) is 4.16. The Hall–Kier alpha value is -3.23. The topological polar surface area (TPSA) is 84.9 Å². The second-order valence-electron chi connectivity index (χ2n) is 6.30. The molecule has 160 valence electrons. The molecule has 1 aliphatic heterocycles. The quantitative estimate of drug-likeness (QED) is 0.460. The number of thioether (sulfide) groups is 1. The average molecular weight is 459 g/mol. The van der Waals surface area contributed by atoms with Crippen LogP contribution in [-0.4, -0.2) is 42.2 Å². The Morgan fingerprint density at radius 3 is 2.65 bits per heavy atom. The lowest BCUT2D eigenvalue weighted by Gasteiger charge is -2.13.